The van der Waals surface area contributed by atoms with E-state index in [0.29, 0.717) is 19.8 Å². The second-order valence-corrected chi connectivity index (χ2v) is 4.23. The van der Waals surface area contributed by atoms with Gasteiger partial charge in [-0.25, -0.2) is 0 Å². The maximum Gasteiger partial charge on any atom is 0.191 e. The smallest absolute Gasteiger partial charge is 0.191 e. The molecule has 1 aliphatic rings. The Morgan fingerprint density at radius 3 is 3.05 bits per heavy atom. The van der Waals surface area contributed by atoms with Crippen molar-refractivity contribution in [3.05, 3.63) is 29.8 Å². The average Bonchev–Trinajstić information content (AvgIpc) is 2.89. The van der Waals surface area contributed by atoms with Gasteiger partial charge in [-0.15, -0.1) is 0 Å². The van der Waals surface area contributed by atoms with Crippen LogP contribution in [0.1, 0.15) is 5.56 Å². The highest BCUT2D eigenvalue weighted by Gasteiger charge is 2.16. The van der Waals surface area contributed by atoms with Crippen LogP contribution in [0.25, 0.3) is 0 Å². The summed E-state index contributed by atoms with van der Waals surface area (Å²) in [6, 6.07) is 7.46. The minimum Gasteiger partial charge on any atom is -0.488 e. The molecule has 1 heterocycles. The van der Waals surface area contributed by atoms with E-state index in [1.54, 1.807) is 6.21 Å². The molecule has 0 radical (unpaired) electrons. The molecule has 1 aromatic carbocycles. The minimum absolute atomic E-state index is 0.124. The fraction of sp³-hybridized carbons (Fsp3) is 0.333. The molecule has 0 aliphatic carbocycles. The molecule has 1 saturated heterocycles. The van der Waals surface area contributed by atoms with E-state index in [2.05, 4.69) is 22.7 Å². The van der Waals surface area contributed by atoms with Crippen molar-refractivity contribution in [2.24, 2.45) is 10.8 Å². The van der Waals surface area contributed by atoms with Crippen LogP contribution in [0.4, 0.5) is 0 Å². The zero-order valence-corrected chi connectivity index (χ0v) is 11.1. The van der Waals surface area contributed by atoms with Gasteiger partial charge in [0.1, 0.15) is 12.4 Å². The number of hydrogen-bond donors (Lipinski definition) is 2. The number of rotatable bonds is 5. The summed E-state index contributed by atoms with van der Waals surface area (Å²) in [6.45, 7) is 1.60. The summed E-state index contributed by atoms with van der Waals surface area (Å²) < 4.78 is 16.1. The number of nitrogens with one attached hydrogen (secondary N) is 1. The molecular formula is C12H15N3O3S. The number of nitrogens with two attached hydrogens (primary N) is 1. The first-order valence-corrected chi connectivity index (χ1v) is 6.19. The second-order valence-electron chi connectivity index (χ2n) is 3.79. The molecule has 0 bridgehead atoms. The van der Waals surface area contributed by atoms with Gasteiger partial charge in [-0.05, 0) is 29.9 Å². The summed E-state index contributed by atoms with van der Waals surface area (Å²) in [5, 5.41) is 4.00. The van der Waals surface area contributed by atoms with Crippen molar-refractivity contribution in [3.8, 4) is 5.75 Å². The number of hydrogen-bond acceptors (Lipinski definition) is 5. The molecule has 6 nitrogen and oxygen atoms in total. The van der Waals surface area contributed by atoms with E-state index in [9.17, 15) is 0 Å². The Morgan fingerprint density at radius 1 is 1.53 bits per heavy atom. The van der Waals surface area contributed by atoms with Gasteiger partial charge in [0.25, 0.3) is 0 Å². The van der Waals surface area contributed by atoms with Crippen LogP contribution in [0.2, 0.25) is 0 Å². The van der Waals surface area contributed by atoms with Gasteiger partial charge in [-0.3, -0.25) is 5.43 Å². The van der Waals surface area contributed by atoms with Crippen molar-refractivity contribution in [1.29, 1.82) is 0 Å². The summed E-state index contributed by atoms with van der Waals surface area (Å²) in [7, 11) is 0. The molecular weight excluding hydrogens is 266 g/mol. The highest BCUT2D eigenvalue weighted by molar-refractivity contribution is 7.80. The van der Waals surface area contributed by atoms with E-state index in [-0.39, 0.29) is 11.4 Å². The van der Waals surface area contributed by atoms with E-state index in [1.807, 2.05) is 24.3 Å². The summed E-state index contributed by atoms with van der Waals surface area (Å²) >= 11 is 4.64. The Bertz CT molecular complexity index is 461. The minimum atomic E-state index is -0.284. The van der Waals surface area contributed by atoms with Gasteiger partial charge in [0.05, 0.1) is 19.4 Å². The van der Waals surface area contributed by atoms with Crippen LogP contribution in [0.3, 0.4) is 0 Å². The van der Waals surface area contributed by atoms with Crippen molar-refractivity contribution < 1.29 is 14.2 Å². The van der Waals surface area contributed by atoms with Crippen LogP contribution >= 0.6 is 12.2 Å². The van der Waals surface area contributed by atoms with Gasteiger partial charge in [-0.1, -0.05) is 12.1 Å². The largest absolute Gasteiger partial charge is 0.488 e. The first-order valence-electron chi connectivity index (χ1n) is 5.78. The van der Waals surface area contributed by atoms with Crippen molar-refractivity contribution in [2.45, 2.75) is 6.29 Å². The lowest BCUT2D eigenvalue weighted by Crippen LogP contribution is -2.24. The van der Waals surface area contributed by atoms with Gasteiger partial charge in [0, 0.05) is 0 Å². The first kappa shape index (κ1) is 13.7. The Balaban J connectivity index is 1.87. The van der Waals surface area contributed by atoms with Crippen molar-refractivity contribution in [2.75, 3.05) is 19.8 Å². The van der Waals surface area contributed by atoms with Gasteiger partial charge in [-0.2, -0.15) is 5.10 Å². The Kier molecular flexibility index (Phi) is 5.08. The molecule has 0 spiro atoms. The topological polar surface area (TPSA) is 78.1 Å². The number of nitrogens with zero attached hydrogens (tertiary/aromatic N) is 1. The van der Waals surface area contributed by atoms with E-state index >= 15 is 0 Å². The van der Waals surface area contributed by atoms with Gasteiger partial charge >= 0.3 is 0 Å². The van der Waals surface area contributed by atoms with E-state index in [4.69, 9.17) is 19.9 Å². The normalized spacial score (nSPS) is 15.8. The lowest BCUT2D eigenvalue weighted by Gasteiger charge is -2.11. The number of thiocarbonyl (C=S) groups is 1. The quantitative estimate of drug-likeness (QED) is 0.468. The van der Waals surface area contributed by atoms with Crippen LogP contribution in [0.15, 0.2) is 29.4 Å². The van der Waals surface area contributed by atoms with Gasteiger partial charge in [0.2, 0.25) is 0 Å². The summed E-state index contributed by atoms with van der Waals surface area (Å²) in [4.78, 5) is 0. The molecule has 0 saturated carbocycles. The molecule has 1 aliphatic heterocycles. The van der Waals surface area contributed by atoms with Gasteiger partial charge in [0.15, 0.2) is 11.4 Å². The van der Waals surface area contributed by atoms with Crippen LogP contribution in [-0.4, -0.2) is 37.4 Å². The zero-order chi connectivity index (χ0) is 13.5. The predicted octanol–water partition coefficient (Wildman–Crippen LogP) is 0.605. The molecule has 0 atom stereocenters. The molecule has 0 aromatic heterocycles. The molecule has 3 N–H and O–H groups in total. The van der Waals surface area contributed by atoms with Crippen molar-refractivity contribution in [3.63, 3.8) is 0 Å². The predicted molar refractivity (Wildman–Crippen MR) is 75.1 cm³/mol. The average molecular weight is 281 g/mol. The van der Waals surface area contributed by atoms with Crippen LogP contribution in [0, 0.1) is 0 Å². The highest BCUT2D eigenvalue weighted by atomic mass is 32.1. The number of benzene rings is 1. The third-order valence-electron chi connectivity index (χ3n) is 2.32. The SMILES string of the molecule is NC(=S)NN=Cc1cccc(OCC2OCCO2)c1. The Labute approximate surface area is 116 Å². The molecule has 0 unspecified atom stereocenters. The molecule has 1 fully saturated rings. The van der Waals surface area contributed by atoms with Crippen LogP contribution in [-0.2, 0) is 9.47 Å². The molecule has 2 rings (SSSR count). The maximum atomic E-state index is 5.58. The first-order chi connectivity index (χ1) is 9.24. The second kappa shape index (κ2) is 7.03. The van der Waals surface area contributed by atoms with Gasteiger partial charge < -0.3 is 19.9 Å². The third kappa shape index (κ3) is 4.82. The fourth-order valence-corrected chi connectivity index (χ4v) is 1.58. The molecule has 19 heavy (non-hydrogen) atoms. The Hall–Kier alpha value is -1.70. The van der Waals surface area contributed by atoms with E-state index in [0.717, 1.165) is 11.3 Å². The highest BCUT2D eigenvalue weighted by Crippen LogP contribution is 2.14. The standard InChI is InChI=1S/C12H15N3O3S/c13-12(19)15-14-7-9-2-1-3-10(6-9)18-8-11-16-4-5-17-11/h1-3,6-7,11H,4-5,8H2,(H3,13,15,19). The summed E-state index contributed by atoms with van der Waals surface area (Å²) in [6.07, 6.45) is 1.32. The zero-order valence-electron chi connectivity index (χ0n) is 10.2. The fourth-order valence-electron chi connectivity index (χ4n) is 1.52. The van der Waals surface area contributed by atoms with Crippen LogP contribution in [0.5, 0.6) is 5.75 Å². The maximum absolute atomic E-state index is 5.58. The summed E-state index contributed by atoms with van der Waals surface area (Å²) in [5.41, 5.74) is 8.62. The molecule has 7 heteroatoms. The number of hydrazone groups is 1. The monoisotopic (exact) mass is 281 g/mol. The van der Waals surface area contributed by atoms with E-state index in [1.165, 1.54) is 0 Å². The lowest BCUT2D eigenvalue weighted by molar-refractivity contribution is -0.0684. The van der Waals surface area contributed by atoms with Crippen LogP contribution < -0.4 is 15.9 Å². The molecule has 0 amide bonds. The lowest BCUT2D eigenvalue weighted by atomic mass is 10.2. The van der Waals surface area contributed by atoms with Crippen molar-refractivity contribution in [1.82, 2.24) is 5.43 Å². The Morgan fingerprint density at radius 2 is 2.32 bits per heavy atom. The van der Waals surface area contributed by atoms with E-state index < -0.39 is 0 Å². The number of ether oxygens (including phenoxy) is 3. The third-order valence-corrected chi connectivity index (χ3v) is 2.41. The molecule has 1 aromatic rings. The summed E-state index contributed by atoms with van der Waals surface area (Å²) in [5.74, 6) is 0.721. The van der Waals surface area contributed by atoms with Crippen molar-refractivity contribution >= 4 is 23.5 Å². The molecule has 102 valence electrons.